The van der Waals surface area contributed by atoms with E-state index in [1.807, 2.05) is 6.07 Å². The van der Waals surface area contributed by atoms with Crippen molar-refractivity contribution in [2.75, 3.05) is 7.11 Å². The zero-order valence-electron chi connectivity index (χ0n) is 8.31. The fourth-order valence-electron chi connectivity index (χ4n) is 1.69. The van der Waals surface area contributed by atoms with E-state index in [1.54, 1.807) is 7.11 Å². The summed E-state index contributed by atoms with van der Waals surface area (Å²) in [4.78, 5) is 8.13. The van der Waals surface area contributed by atoms with Crippen LogP contribution in [-0.4, -0.2) is 17.1 Å². The molecule has 1 unspecified atom stereocenters. The zero-order chi connectivity index (χ0) is 9.97. The van der Waals surface area contributed by atoms with Crippen molar-refractivity contribution in [2.45, 2.75) is 25.3 Å². The zero-order valence-corrected chi connectivity index (χ0v) is 8.31. The quantitative estimate of drug-likeness (QED) is 0.785. The first-order chi connectivity index (χ1) is 6.81. The molecule has 76 valence electrons. The predicted octanol–water partition coefficient (Wildman–Crippen LogP) is 1.29. The number of methoxy groups -OCH3 is 1. The van der Waals surface area contributed by atoms with Crippen LogP contribution in [0, 0.1) is 5.92 Å². The monoisotopic (exact) mass is 193 g/mol. The first-order valence-corrected chi connectivity index (χ1v) is 4.93. The molecule has 1 aliphatic rings. The Balaban J connectivity index is 2.13. The number of rotatable bonds is 3. The van der Waals surface area contributed by atoms with Gasteiger partial charge in [0.1, 0.15) is 6.33 Å². The average molecular weight is 193 g/mol. The summed E-state index contributed by atoms with van der Waals surface area (Å²) in [6.45, 7) is 0. The van der Waals surface area contributed by atoms with E-state index in [-0.39, 0.29) is 6.04 Å². The Morgan fingerprint density at radius 2 is 2.29 bits per heavy atom. The van der Waals surface area contributed by atoms with E-state index in [0.717, 1.165) is 5.69 Å². The number of nitrogens with two attached hydrogens (primary N) is 1. The lowest BCUT2D eigenvalue weighted by molar-refractivity contribution is 0.260. The molecule has 1 atom stereocenters. The van der Waals surface area contributed by atoms with Gasteiger partial charge in [0, 0.05) is 6.07 Å². The molecule has 1 aromatic rings. The Labute approximate surface area is 83.5 Å². The van der Waals surface area contributed by atoms with Crippen LogP contribution in [0.25, 0.3) is 0 Å². The maximum absolute atomic E-state index is 6.08. The van der Waals surface area contributed by atoms with Gasteiger partial charge in [-0.15, -0.1) is 0 Å². The average Bonchev–Trinajstić information content (AvgIpc) is 2.15. The fraction of sp³-hybridized carbons (Fsp3) is 0.600. The molecule has 1 aromatic heterocycles. The minimum absolute atomic E-state index is 0.0423. The molecule has 0 saturated heterocycles. The Hall–Kier alpha value is -1.16. The summed E-state index contributed by atoms with van der Waals surface area (Å²) in [5.41, 5.74) is 6.97. The molecule has 1 saturated carbocycles. The van der Waals surface area contributed by atoms with Gasteiger partial charge in [0.2, 0.25) is 5.88 Å². The van der Waals surface area contributed by atoms with Crippen LogP contribution in [0.1, 0.15) is 31.0 Å². The highest BCUT2D eigenvalue weighted by molar-refractivity contribution is 5.17. The van der Waals surface area contributed by atoms with Gasteiger partial charge in [-0.2, -0.15) is 0 Å². The van der Waals surface area contributed by atoms with Crippen molar-refractivity contribution in [1.29, 1.82) is 0 Å². The van der Waals surface area contributed by atoms with Gasteiger partial charge in [-0.05, 0) is 18.8 Å². The fourth-order valence-corrected chi connectivity index (χ4v) is 1.69. The molecule has 0 amide bonds. The van der Waals surface area contributed by atoms with E-state index >= 15 is 0 Å². The lowest BCUT2D eigenvalue weighted by Crippen LogP contribution is -2.27. The van der Waals surface area contributed by atoms with Gasteiger partial charge in [0.05, 0.1) is 18.8 Å². The van der Waals surface area contributed by atoms with Crippen molar-refractivity contribution in [1.82, 2.24) is 9.97 Å². The molecule has 0 aliphatic heterocycles. The lowest BCUT2D eigenvalue weighted by Gasteiger charge is -2.30. The lowest BCUT2D eigenvalue weighted by atomic mass is 9.79. The number of nitrogens with zero attached hydrogens (tertiary/aromatic N) is 2. The largest absolute Gasteiger partial charge is 0.481 e. The molecule has 0 spiro atoms. The van der Waals surface area contributed by atoms with E-state index in [4.69, 9.17) is 10.5 Å². The summed E-state index contributed by atoms with van der Waals surface area (Å²) in [7, 11) is 1.60. The van der Waals surface area contributed by atoms with E-state index in [1.165, 1.54) is 25.6 Å². The molecule has 2 N–H and O–H groups in total. The van der Waals surface area contributed by atoms with Gasteiger partial charge >= 0.3 is 0 Å². The summed E-state index contributed by atoms with van der Waals surface area (Å²) in [6.07, 6.45) is 5.23. The Bertz CT molecular complexity index is 312. The Morgan fingerprint density at radius 3 is 2.86 bits per heavy atom. The topological polar surface area (TPSA) is 61.0 Å². The van der Waals surface area contributed by atoms with Gasteiger partial charge < -0.3 is 10.5 Å². The maximum atomic E-state index is 6.08. The normalized spacial score (nSPS) is 18.7. The molecule has 14 heavy (non-hydrogen) atoms. The molecule has 0 aromatic carbocycles. The minimum Gasteiger partial charge on any atom is -0.481 e. The highest BCUT2D eigenvalue weighted by Gasteiger charge is 2.26. The Kier molecular flexibility index (Phi) is 2.63. The van der Waals surface area contributed by atoms with Crippen molar-refractivity contribution in [3.8, 4) is 5.88 Å². The van der Waals surface area contributed by atoms with Crippen molar-refractivity contribution in [3.05, 3.63) is 18.1 Å². The number of hydrogen-bond acceptors (Lipinski definition) is 4. The number of ether oxygens (including phenoxy) is 1. The van der Waals surface area contributed by atoms with E-state index in [9.17, 15) is 0 Å². The van der Waals surface area contributed by atoms with Crippen LogP contribution in [-0.2, 0) is 0 Å². The van der Waals surface area contributed by atoms with Gasteiger partial charge in [-0.1, -0.05) is 6.42 Å². The molecule has 0 radical (unpaired) electrons. The van der Waals surface area contributed by atoms with Crippen LogP contribution in [0.3, 0.4) is 0 Å². The second-order valence-corrected chi connectivity index (χ2v) is 3.70. The minimum atomic E-state index is 0.0423. The van der Waals surface area contributed by atoms with Crippen LogP contribution in [0.5, 0.6) is 5.88 Å². The number of hydrogen-bond donors (Lipinski definition) is 1. The molecule has 1 heterocycles. The molecule has 4 heteroatoms. The first kappa shape index (κ1) is 9.40. The highest BCUT2D eigenvalue weighted by Crippen LogP contribution is 2.35. The van der Waals surface area contributed by atoms with Gasteiger partial charge in [-0.25, -0.2) is 9.97 Å². The van der Waals surface area contributed by atoms with Gasteiger partial charge in [-0.3, -0.25) is 0 Å². The van der Waals surface area contributed by atoms with Gasteiger partial charge in [0.15, 0.2) is 0 Å². The van der Waals surface area contributed by atoms with E-state index in [0.29, 0.717) is 11.8 Å². The van der Waals surface area contributed by atoms with Crippen LogP contribution >= 0.6 is 0 Å². The molecular weight excluding hydrogens is 178 g/mol. The van der Waals surface area contributed by atoms with Crippen LogP contribution < -0.4 is 10.5 Å². The Morgan fingerprint density at radius 1 is 1.50 bits per heavy atom. The third kappa shape index (κ3) is 1.70. The second kappa shape index (κ2) is 3.92. The van der Waals surface area contributed by atoms with E-state index < -0.39 is 0 Å². The third-order valence-electron chi connectivity index (χ3n) is 2.87. The first-order valence-electron chi connectivity index (χ1n) is 4.93. The van der Waals surface area contributed by atoms with Gasteiger partial charge in [0.25, 0.3) is 0 Å². The molecular formula is C10H15N3O. The molecule has 1 aliphatic carbocycles. The van der Waals surface area contributed by atoms with Crippen LogP contribution in [0.15, 0.2) is 12.4 Å². The van der Waals surface area contributed by atoms with Crippen molar-refractivity contribution < 1.29 is 4.74 Å². The molecule has 2 rings (SSSR count). The standard InChI is InChI=1S/C10H15N3O/c1-14-9-5-8(12-6-13-9)10(11)7-3-2-4-7/h5-7,10H,2-4,11H2,1H3. The highest BCUT2D eigenvalue weighted by atomic mass is 16.5. The van der Waals surface area contributed by atoms with Crippen molar-refractivity contribution in [3.63, 3.8) is 0 Å². The smallest absolute Gasteiger partial charge is 0.216 e. The summed E-state index contributed by atoms with van der Waals surface area (Å²) in [5.74, 6) is 1.18. The van der Waals surface area contributed by atoms with Crippen molar-refractivity contribution >= 4 is 0 Å². The third-order valence-corrected chi connectivity index (χ3v) is 2.87. The number of aromatic nitrogens is 2. The summed E-state index contributed by atoms with van der Waals surface area (Å²) >= 11 is 0. The van der Waals surface area contributed by atoms with Crippen molar-refractivity contribution in [2.24, 2.45) is 11.7 Å². The predicted molar refractivity (Wildman–Crippen MR) is 52.9 cm³/mol. The summed E-state index contributed by atoms with van der Waals surface area (Å²) in [6, 6.07) is 1.86. The van der Waals surface area contributed by atoms with Crippen LogP contribution in [0.2, 0.25) is 0 Å². The van der Waals surface area contributed by atoms with Crippen LogP contribution in [0.4, 0.5) is 0 Å². The second-order valence-electron chi connectivity index (χ2n) is 3.70. The molecule has 0 bridgehead atoms. The summed E-state index contributed by atoms with van der Waals surface area (Å²) in [5, 5.41) is 0. The molecule has 4 nitrogen and oxygen atoms in total. The SMILES string of the molecule is COc1cc(C(N)C2CCC2)ncn1. The summed E-state index contributed by atoms with van der Waals surface area (Å²) < 4.78 is 5.03. The molecule has 1 fully saturated rings. The van der Waals surface area contributed by atoms with E-state index in [2.05, 4.69) is 9.97 Å². The maximum Gasteiger partial charge on any atom is 0.216 e.